The predicted octanol–water partition coefficient (Wildman–Crippen LogP) is 15.8. The lowest BCUT2D eigenvalue weighted by Gasteiger charge is -2.33. The average molecular weight is 1930 g/mol. The fourth-order valence-electron chi connectivity index (χ4n) is 20.7. The van der Waals surface area contributed by atoms with Crippen molar-refractivity contribution in [2.75, 3.05) is 131 Å². The highest BCUT2D eigenvalue weighted by atomic mass is 19.1. The summed E-state index contributed by atoms with van der Waals surface area (Å²) in [5, 5.41) is 25.0. The molecule has 143 heavy (non-hydrogen) atoms. The highest BCUT2D eigenvalue weighted by molar-refractivity contribution is 5.89. The summed E-state index contributed by atoms with van der Waals surface area (Å²) < 4.78 is 68.5. The summed E-state index contributed by atoms with van der Waals surface area (Å²) in [6.45, 7) is 33.3. The summed E-state index contributed by atoms with van der Waals surface area (Å²) >= 11 is 0. The number of aliphatic hydroxyl groups excluding tert-OH is 1. The maximum absolute atomic E-state index is 14.9. The number of fused-ring (bicyclic) bond motifs is 13. The van der Waals surface area contributed by atoms with Gasteiger partial charge in [-0.25, -0.2) is 97.3 Å². The van der Waals surface area contributed by atoms with E-state index in [1.807, 2.05) is 125 Å². The predicted molar refractivity (Wildman–Crippen MR) is 545 cm³/mol. The number of nitrogens with one attached hydrogen (secondary N) is 5. The number of rotatable bonds is 20. The van der Waals surface area contributed by atoms with Crippen LogP contribution in [0.25, 0.3) is 89.2 Å². The van der Waals surface area contributed by atoms with Gasteiger partial charge < -0.3 is 69.6 Å². The first-order chi connectivity index (χ1) is 69.8. The van der Waals surface area contributed by atoms with E-state index in [1.54, 1.807) is 11.0 Å². The van der Waals surface area contributed by atoms with Crippen LogP contribution in [0.15, 0.2) is 140 Å². The summed E-state index contributed by atoms with van der Waals surface area (Å²) in [6, 6.07) is 31.4. The third-order valence-electron chi connectivity index (χ3n) is 28.5. The molecule has 37 heteroatoms. The zero-order chi connectivity index (χ0) is 97.9. The Bertz CT molecular complexity index is 7370. The highest BCUT2D eigenvalue weighted by Gasteiger charge is 2.29. The molecule has 0 unspecified atom stereocenters. The number of aliphatic hydroxyl groups is 1. The first kappa shape index (κ1) is 94.8. The first-order valence-corrected chi connectivity index (χ1v) is 50.1. The van der Waals surface area contributed by atoms with Crippen molar-refractivity contribution in [1.29, 1.82) is 0 Å². The van der Waals surface area contributed by atoms with Crippen molar-refractivity contribution in [3.05, 3.63) is 232 Å². The van der Waals surface area contributed by atoms with Gasteiger partial charge in [-0.3, -0.25) is 14.6 Å². The third-order valence-corrected chi connectivity index (χ3v) is 28.5. The molecule has 0 saturated carbocycles. The van der Waals surface area contributed by atoms with E-state index in [2.05, 4.69) is 155 Å². The van der Waals surface area contributed by atoms with Gasteiger partial charge in [-0.1, -0.05) is 32.0 Å². The van der Waals surface area contributed by atoms with Crippen LogP contribution < -0.4 is 31.5 Å². The van der Waals surface area contributed by atoms with E-state index >= 15 is 0 Å². The van der Waals surface area contributed by atoms with Crippen molar-refractivity contribution in [3.8, 4) is 45.0 Å². The summed E-state index contributed by atoms with van der Waals surface area (Å²) in [5.74, 6) is 5.91. The molecule has 0 spiro atoms. The van der Waals surface area contributed by atoms with Gasteiger partial charge in [0.05, 0.1) is 80.8 Å². The molecule has 12 aromatic heterocycles. The van der Waals surface area contributed by atoms with E-state index in [0.29, 0.717) is 66.2 Å². The summed E-state index contributed by atoms with van der Waals surface area (Å²) in [4.78, 5) is 97.8. The maximum Gasteiger partial charge on any atom is 0.248 e. The van der Waals surface area contributed by atoms with Gasteiger partial charge in [-0.05, 0) is 204 Å². The molecule has 33 nitrogen and oxygen atoms in total. The highest BCUT2D eigenvalue weighted by Crippen LogP contribution is 2.39. The van der Waals surface area contributed by atoms with Crippen LogP contribution in [0.2, 0.25) is 0 Å². The Labute approximate surface area is 825 Å². The van der Waals surface area contributed by atoms with Crippen LogP contribution in [0.5, 0.6) is 0 Å². The van der Waals surface area contributed by atoms with E-state index < -0.39 is 29.9 Å². The second kappa shape index (κ2) is 42.0. The number of benzene rings is 4. The van der Waals surface area contributed by atoms with Crippen molar-refractivity contribution in [2.24, 2.45) is 0 Å². The molecule has 20 heterocycles. The molecule has 0 bridgehead atoms. The average Bonchev–Trinajstić information content (AvgIpc) is 1.59. The topological polar surface area (TPSA) is 343 Å². The van der Waals surface area contributed by atoms with Crippen LogP contribution in [-0.2, 0) is 82.7 Å². The number of likely N-dealkylation sites (N-methyl/N-ethyl adjacent to an activating group) is 2. The normalized spacial score (nSPS) is 16.1. The van der Waals surface area contributed by atoms with Gasteiger partial charge in [0.1, 0.15) is 76.0 Å². The quantitative estimate of drug-likeness (QED) is 0.0386. The minimum absolute atomic E-state index is 0.222. The number of aromatic nitrogens is 20. The SMILES string of the molecule is CCN1CCN(Cc2ccc(Nc3ncc(F)c(-c4cc(C)c5nc6n(c5c4)CCC6)n3)nc2)CC1.CCN1CCN(Cc2ccc(Nc3ncc(F)c(-c4cc(C)c5nc6n(c5c4)CCCC6)n3)nc2)CC1.Cc1cc(-c2nc(Nc3ccc(N4CCNCC4)cn3)ncc2F)cc2c1nc1n2CCCC1.Cc1cc(-c2nc(Nc3ccc4c(n3)CCN(C(=O)CO)C4)ncc2F)cc2c1nc1n2CCCC1. The first-order valence-electron chi connectivity index (χ1n) is 50.1. The Kier molecular flexibility index (Phi) is 27.9. The van der Waals surface area contributed by atoms with Crippen molar-refractivity contribution in [1.82, 2.24) is 128 Å². The van der Waals surface area contributed by atoms with E-state index in [9.17, 15) is 22.4 Å². The molecular weight excluding hydrogens is 1820 g/mol. The van der Waals surface area contributed by atoms with Crippen molar-refractivity contribution < 1.29 is 27.5 Å². The van der Waals surface area contributed by atoms with Crippen molar-refractivity contribution >= 4 is 103 Å². The number of amides is 1. The molecule has 16 aromatic rings. The van der Waals surface area contributed by atoms with Gasteiger partial charge in [0.25, 0.3) is 0 Å². The summed E-state index contributed by atoms with van der Waals surface area (Å²) in [6.07, 6.45) is 22.9. The van der Waals surface area contributed by atoms with Crippen LogP contribution >= 0.6 is 0 Å². The summed E-state index contributed by atoms with van der Waals surface area (Å²) in [5.41, 5.74) is 21.2. The summed E-state index contributed by atoms with van der Waals surface area (Å²) in [7, 11) is 0. The second-order valence-electron chi connectivity index (χ2n) is 38.1. The second-order valence-corrected chi connectivity index (χ2v) is 38.1. The molecule has 4 aromatic carbocycles. The third kappa shape index (κ3) is 20.9. The number of anilines is 9. The van der Waals surface area contributed by atoms with Gasteiger partial charge in [0, 0.05) is 203 Å². The Morgan fingerprint density at radius 3 is 1.06 bits per heavy atom. The molecule has 0 radical (unpaired) electrons. The van der Waals surface area contributed by atoms with Crippen LogP contribution in [-0.4, -0.2) is 238 Å². The van der Waals surface area contributed by atoms with Gasteiger partial charge in [-0.2, -0.15) is 0 Å². The Balaban J connectivity index is 0.000000113. The lowest BCUT2D eigenvalue weighted by atomic mass is 10.1. The molecule has 1 amide bonds. The maximum atomic E-state index is 14.9. The minimum atomic E-state index is -0.497. The molecule has 0 aliphatic carbocycles. The largest absolute Gasteiger partial charge is 0.387 e. The van der Waals surface area contributed by atoms with Crippen molar-refractivity contribution in [2.45, 2.75) is 164 Å². The Hall–Kier alpha value is -14.4. The number of hydrogen-bond acceptors (Lipinski definition) is 28. The number of hydrogen-bond donors (Lipinski definition) is 6. The van der Waals surface area contributed by atoms with E-state index in [4.69, 9.17) is 25.0 Å². The molecule has 8 aliphatic rings. The van der Waals surface area contributed by atoms with Crippen LogP contribution in [0, 0.1) is 51.0 Å². The standard InChI is InChI=1S/C28H33FN8.C27H31FN8.C26H26FN7O2.C25H27FN8/c1-3-35-10-12-36(13-11-35)18-20-7-8-24(30-16-20)32-28-31-17-22(29)27(34-28)21-14-19(2)26-23(15-21)37-9-5-4-6-25(37)33-26;1-3-34-9-11-35(12-10-34)17-19-6-7-23(29-15-19)31-27-30-16-21(28)26(33-27)20-13-18(2)25-22(14-20)36-8-4-5-24(36)32-25;1-15-10-17(11-20-24(15)31-22-4-2-3-8-34(20)22)25-18(27)12-28-26(32-25)30-21-6-5-16-13-33(23(36)14-35)9-7-19(16)29-21;1-16-12-17(13-20-23(16)31-22-4-2-3-9-34(20)22)24-19(26)15-29-25(32-24)30-21-6-5-18(14-28-21)33-10-7-27-8-11-33/h7-8,14-17H,3-6,9-13,18H2,1-2H3,(H,30,31,32,34);6-7,13-16H,3-5,8-12,17H2,1-2H3,(H,29,30,31,33);5-6,10-12,35H,2-4,7-9,13-14H2,1H3,(H,28,29,30,32);5-6,12-15,27H,2-4,7-11H2,1H3,(H,28,29,30,32). The number of aryl methyl sites for hydroxylation is 12. The molecule has 24 rings (SSSR count). The number of pyridine rings is 4. The Morgan fingerprint density at radius 2 is 0.706 bits per heavy atom. The van der Waals surface area contributed by atoms with Crippen LogP contribution in [0.3, 0.4) is 0 Å². The van der Waals surface area contributed by atoms with Gasteiger partial charge >= 0.3 is 0 Å². The number of carbonyl (C=O) groups excluding carboxylic acids is 1. The smallest absolute Gasteiger partial charge is 0.248 e. The zero-order valence-electron chi connectivity index (χ0n) is 81.5. The van der Waals surface area contributed by atoms with Gasteiger partial charge in [-0.15, -0.1) is 0 Å². The molecule has 3 fully saturated rings. The van der Waals surface area contributed by atoms with Crippen molar-refractivity contribution in [3.63, 3.8) is 0 Å². The van der Waals surface area contributed by atoms with E-state index in [-0.39, 0.29) is 34.6 Å². The van der Waals surface area contributed by atoms with Crippen LogP contribution in [0.1, 0.15) is 127 Å². The Morgan fingerprint density at radius 1 is 0.357 bits per heavy atom. The van der Waals surface area contributed by atoms with Gasteiger partial charge in [0.2, 0.25) is 29.7 Å². The molecule has 3 saturated heterocycles. The van der Waals surface area contributed by atoms with Gasteiger partial charge in [0.15, 0.2) is 23.3 Å². The molecule has 0 atom stereocenters. The zero-order valence-corrected chi connectivity index (χ0v) is 81.5. The number of imidazole rings is 4. The molecular formula is C106H117F4N31O2. The number of halogens is 4. The lowest BCUT2D eigenvalue weighted by molar-refractivity contribution is -0.135. The molecule has 6 N–H and O–H groups in total. The number of nitrogens with zero attached hydrogens (tertiary/aromatic N) is 26. The molecule has 8 aliphatic heterocycles. The van der Waals surface area contributed by atoms with E-state index in [0.717, 1.165) is 325 Å². The minimum Gasteiger partial charge on any atom is -0.387 e. The lowest BCUT2D eigenvalue weighted by Crippen LogP contribution is -2.45. The fourth-order valence-corrected chi connectivity index (χ4v) is 20.7. The monoisotopic (exact) mass is 1930 g/mol. The number of carbonyl (C=O) groups is 1. The molecule has 736 valence electrons. The van der Waals surface area contributed by atoms with E-state index in [1.165, 1.54) is 35.9 Å². The number of piperazine rings is 3. The fraction of sp³-hybridized carbons (Fsp3) is 0.387. The van der Waals surface area contributed by atoms with Crippen LogP contribution in [0.4, 0.5) is 70.3 Å².